The van der Waals surface area contributed by atoms with Gasteiger partial charge in [-0.25, -0.2) is 4.57 Å². The van der Waals surface area contributed by atoms with Crippen molar-refractivity contribution in [3.8, 4) is 0 Å². The first-order chi connectivity index (χ1) is 12.7. The number of nitrogens with two attached hydrogens (primary N) is 1. The fourth-order valence-corrected chi connectivity index (χ4v) is 3.29. The van der Waals surface area contributed by atoms with Crippen LogP contribution in [0.2, 0.25) is 0 Å². The minimum atomic E-state index is 0.917. The van der Waals surface area contributed by atoms with Crippen molar-refractivity contribution in [3.05, 3.63) is 65.5 Å². The maximum Gasteiger partial charge on any atom is 0.169 e. The summed E-state index contributed by atoms with van der Waals surface area (Å²) in [6.07, 6.45) is 13.8. The van der Waals surface area contributed by atoms with Crippen molar-refractivity contribution in [1.29, 1.82) is 0 Å². The van der Waals surface area contributed by atoms with Gasteiger partial charge in [-0.2, -0.15) is 0 Å². The highest BCUT2D eigenvalue weighted by atomic mass is 14.9. The van der Waals surface area contributed by atoms with E-state index in [0.717, 1.165) is 17.7 Å². The normalized spacial score (nSPS) is 12.1. The summed E-state index contributed by atoms with van der Waals surface area (Å²) in [5.41, 5.74) is 12.6. The number of aryl methyl sites for hydroxylation is 2. The van der Waals surface area contributed by atoms with Crippen LogP contribution in [0.4, 0.5) is 0 Å². The number of benzene rings is 1. The van der Waals surface area contributed by atoms with Crippen molar-refractivity contribution < 1.29 is 4.57 Å². The molecule has 2 nitrogen and oxygen atoms in total. The number of pyridine rings is 1. The summed E-state index contributed by atoms with van der Waals surface area (Å²) in [6.45, 7) is 4.50. The van der Waals surface area contributed by atoms with E-state index < -0.39 is 0 Å². The van der Waals surface area contributed by atoms with Crippen LogP contribution in [0.1, 0.15) is 75.5 Å². The average molecular weight is 352 g/mol. The molecule has 0 radical (unpaired) electrons. The van der Waals surface area contributed by atoms with E-state index in [1.54, 1.807) is 0 Å². The number of hydrogen-bond acceptors (Lipinski definition) is 1. The van der Waals surface area contributed by atoms with Gasteiger partial charge in [0.1, 0.15) is 7.05 Å². The van der Waals surface area contributed by atoms with Crippen LogP contribution in [0.15, 0.2) is 48.8 Å². The Morgan fingerprint density at radius 3 is 2.04 bits per heavy atom. The van der Waals surface area contributed by atoms with Crippen molar-refractivity contribution >= 4 is 11.3 Å². The molecule has 1 heterocycles. The predicted octanol–water partition coefficient (Wildman–Crippen LogP) is 5.65. The van der Waals surface area contributed by atoms with E-state index in [1.165, 1.54) is 61.6 Å². The van der Waals surface area contributed by atoms with Crippen molar-refractivity contribution in [2.24, 2.45) is 12.8 Å². The molecule has 2 rings (SSSR count). The number of nitrogens with zero attached hydrogens (tertiary/aromatic N) is 1. The first-order valence-electron chi connectivity index (χ1n) is 10.2. The Morgan fingerprint density at radius 2 is 1.42 bits per heavy atom. The Labute approximate surface area is 159 Å². The van der Waals surface area contributed by atoms with Crippen LogP contribution in [-0.4, -0.2) is 0 Å². The highest BCUT2D eigenvalue weighted by Gasteiger charge is 2.10. The zero-order valence-corrected chi connectivity index (χ0v) is 16.8. The smallest absolute Gasteiger partial charge is 0.169 e. The Balaban J connectivity index is 2.25. The van der Waals surface area contributed by atoms with E-state index in [-0.39, 0.29) is 0 Å². The number of aromatic nitrogens is 1. The third-order valence-corrected chi connectivity index (χ3v) is 5.02. The summed E-state index contributed by atoms with van der Waals surface area (Å²) in [4.78, 5) is 0. The third-order valence-electron chi connectivity index (χ3n) is 5.02. The highest BCUT2D eigenvalue weighted by Crippen LogP contribution is 2.28. The van der Waals surface area contributed by atoms with Gasteiger partial charge in [0.15, 0.2) is 12.4 Å². The quantitative estimate of drug-likeness (QED) is 0.435. The number of rotatable bonds is 10. The number of hydrogen-bond donors (Lipinski definition) is 1. The van der Waals surface area contributed by atoms with Gasteiger partial charge in [0.25, 0.3) is 0 Å². The van der Waals surface area contributed by atoms with E-state index in [2.05, 4.69) is 62.6 Å². The Bertz CT molecular complexity index is 681. The Morgan fingerprint density at radius 1 is 0.808 bits per heavy atom. The van der Waals surface area contributed by atoms with Gasteiger partial charge in [-0.05, 0) is 42.4 Å². The molecule has 0 aliphatic rings. The first-order valence-corrected chi connectivity index (χ1v) is 10.2. The molecule has 0 aliphatic heterocycles. The lowest BCUT2D eigenvalue weighted by Gasteiger charge is -2.13. The molecule has 0 amide bonds. The molecule has 2 heteroatoms. The van der Waals surface area contributed by atoms with E-state index in [1.807, 2.05) is 11.6 Å². The molecule has 0 spiro atoms. The molecular formula is C24H35N2+. The molecule has 2 aromatic rings. The molecule has 1 aromatic carbocycles. The van der Waals surface area contributed by atoms with Crippen LogP contribution in [0.25, 0.3) is 11.3 Å². The van der Waals surface area contributed by atoms with Crippen molar-refractivity contribution in [2.75, 3.05) is 0 Å². The molecular weight excluding hydrogens is 316 g/mol. The topological polar surface area (TPSA) is 29.9 Å². The lowest BCUT2D eigenvalue weighted by Crippen LogP contribution is -2.26. The second-order valence-electron chi connectivity index (χ2n) is 7.26. The summed E-state index contributed by atoms with van der Waals surface area (Å²) < 4.78 is 2.04. The van der Waals surface area contributed by atoms with Crippen molar-refractivity contribution in [1.82, 2.24) is 0 Å². The summed E-state index contributed by atoms with van der Waals surface area (Å²) in [5, 5.41) is 0. The Hall–Kier alpha value is -2.09. The maximum absolute atomic E-state index is 6.61. The largest absolute Gasteiger partial charge is 0.398 e. The maximum atomic E-state index is 6.61. The molecule has 0 aliphatic carbocycles. The summed E-state index contributed by atoms with van der Waals surface area (Å²) in [5.74, 6) is 0. The van der Waals surface area contributed by atoms with Crippen molar-refractivity contribution in [3.63, 3.8) is 0 Å². The van der Waals surface area contributed by atoms with Gasteiger partial charge in [-0.3, -0.25) is 0 Å². The zero-order valence-electron chi connectivity index (χ0n) is 16.8. The third kappa shape index (κ3) is 6.01. The van der Waals surface area contributed by atoms with E-state index in [4.69, 9.17) is 5.73 Å². The van der Waals surface area contributed by atoms with Gasteiger partial charge >= 0.3 is 0 Å². The summed E-state index contributed by atoms with van der Waals surface area (Å²) in [6, 6.07) is 13.3. The van der Waals surface area contributed by atoms with Crippen LogP contribution in [0.3, 0.4) is 0 Å². The molecule has 0 saturated heterocycles. The molecule has 0 saturated carbocycles. The van der Waals surface area contributed by atoms with Gasteiger partial charge in [0.2, 0.25) is 0 Å². The predicted molar refractivity (Wildman–Crippen MR) is 112 cm³/mol. The fourth-order valence-electron chi connectivity index (χ4n) is 3.29. The lowest BCUT2D eigenvalue weighted by atomic mass is 9.94. The summed E-state index contributed by atoms with van der Waals surface area (Å²) in [7, 11) is 2.03. The number of unbranched alkanes of at least 4 members (excludes halogenated alkanes) is 4. The van der Waals surface area contributed by atoms with E-state index >= 15 is 0 Å². The highest BCUT2D eigenvalue weighted by molar-refractivity contribution is 5.89. The molecule has 26 heavy (non-hydrogen) atoms. The van der Waals surface area contributed by atoms with Gasteiger partial charge in [-0.1, -0.05) is 63.8 Å². The SMILES string of the molecule is CCCCCC(=C(N)c1cc[n+](C)cc1)c1ccc(CCCCC)cc1. The first kappa shape index (κ1) is 20.2. The minimum Gasteiger partial charge on any atom is -0.398 e. The van der Waals surface area contributed by atoms with Crippen LogP contribution >= 0.6 is 0 Å². The van der Waals surface area contributed by atoms with Crippen LogP contribution in [0, 0.1) is 0 Å². The second-order valence-corrected chi connectivity index (χ2v) is 7.26. The van der Waals surface area contributed by atoms with Crippen LogP contribution < -0.4 is 10.3 Å². The molecule has 2 N–H and O–H groups in total. The zero-order chi connectivity index (χ0) is 18.8. The van der Waals surface area contributed by atoms with Crippen LogP contribution in [-0.2, 0) is 13.5 Å². The molecule has 0 atom stereocenters. The Kier molecular flexibility index (Phi) is 8.40. The number of allylic oxidation sites excluding steroid dienone is 1. The fraction of sp³-hybridized carbons (Fsp3) is 0.458. The summed E-state index contributed by atoms with van der Waals surface area (Å²) >= 11 is 0. The van der Waals surface area contributed by atoms with E-state index in [9.17, 15) is 0 Å². The van der Waals surface area contributed by atoms with Gasteiger partial charge in [0.05, 0.1) is 0 Å². The lowest BCUT2D eigenvalue weighted by molar-refractivity contribution is -0.671. The molecule has 0 bridgehead atoms. The van der Waals surface area contributed by atoms with E-state index in [0.29, 0.717) is 0 Å². The molecule has 1 aromatic heterocycles. The van der Waals surface area contributed by atoms with Crippen LogP contribution in [0.5, 0.6) is 0 Å². The van der Waals surface area contributed by atoms with Gasteiger partial charge < -0.3 is 5.73 Å². The van der Waals surface area contributed by atoms with Crippen molar-refractivity contribution in [2.45, 2.75) is 65.2 Å². The molecule has 140 valence electrons. The molecule has 0 fully saturated rings. The average Bonchev–Trinajstić information content (AvgIpc) is 2.66. The van der Waals surface area contributed by atoms with Gasteiger partial charge in [0, 0.05) is 23.4 Å². The standard InChI is InChI=1S/C24H35N2/c1-4-6-8-10-20-12-14-21(15-13-20)23(11-9-7-5-2)24(25)22-16-18-26(3)19-17-22/h12-19H,4-11,25H2,1-3H3/q+1. The second kappa shape index (κ2) is 10.8. The minimum absolute atomic E-state index is 0.917. The van der Waals surface area contributed by atoms with Gasteiger partial charge in [-0.15, -0.1) is 0 Å². The monoisotopic (exact) mass is 351 g/mol. The molecule has 0 unspecified atom stereocenters.